The van der Waals surface area contributed by atoms with E-state index in [9.17, 15) is 4.79 Å². The number of carbonyl (C=O) groups excluding carboxylic acids is 1. The van der Waals surface area contributed by atoms with Crippen LogP contribution in [0.25, 0.3) is 5.65 Å². The summed E-state index contributed by atoms with van der Waals surface area (Å²) in [6.07, 6.45) is 5.23. The molecule has 8 nitrogen and oxygen atoms in total. The first-order chi connectivity index (χ1) is 12.2. The highest BCUT2D eigenvalue weighted by Crippen LogP contribution is 2.29. The van der Waals surface area contributed by atoms with Crippen molar-refractivity contribution in [2.45, 2.75) is 25.8 Å². The minimum absolute atomic E-state index is 0.189. The topological polar surface area (TPSA) is 94.6 Å². The van der Waals surface area contributed by atoms with Gasteiger partial charge >= 0.3 is 0 Å². The van der Waals surface area contributed by atoms with Gasteiger partial charge in [-0.15, -0.1) is 0 Å². The molecule has 1 saturated heterocycles. The number of hydrogen-bond acceptors (Lipinski definition) is 6. The Hall–Kier alpha value is -2.74. The molecule has 1 fully saturated rings. The van der Waals surface area contributed by atoms with E-state index >= 15 is 0 Å². The predicted molar refractivity (Wildman–Crippen MR) is 88.0 cm³/mol. The summed E-state index contributed by atoms with van der Waals surface area (Å²) >= 11 is 0. The molecule has 0 aromatic carbocycles. The number of rotatable bonds is 4. The number of imidazole rings is 1. The molecule has 130 valence electrons. The molecule has 1 atom stereocenters. The van der Waals surface area contributed by atoms with Crippen LogP contribution in [0.3, 0.4) is 0 Å². The molecule has 0 saturated carbocycles. The van der Waals surface area contributed by atoms with E-state index in [1.807, 2.05) is 28.8 Å². The molecular formula is C17H19N5O3. The molecule has 4 rings (SSSR count). The Morgan fingerprint density at radius 3 is 2.88 bits per heavy atom. The second-order valence-corrected chi connectivity index (χ2v) is 6.17. The van der Waals surface area contributed by atoms with E-state index < -0.39 is 0 Å². The Morgan fingerprint density at radius 2 is 2.16 bits per heavy atom. The second kappa shape index (κ2) is 6.64. The summed E-state index contributed by atoms with van der Waals surface area (Å²) in [7, 11) is 0. The monoisotopic (exact) mass is 341 g/mol. The molecule has 1 aliphatic heterocycles. The highest BCUT2D eigenvalue weighted by atomic mass is 16.5. The molecule has 8 heteroatoms. The number of ether oxygens (including phenoxy) is 1. The fraction of sp³-hybridized carbons (Fsp3) is 0.412. The maximum atomic E-state index is 12.7. The molecule has 1 N–H and O–H groups in total. The van der Waals surface area contributed by atoms with Crippen LogP contribution in [0.15, 0.2) is 35.1 Å². The fourth-order valence-electron chi connectivity index (χ4n) is 3.13. The van der Waals surface area contributed by atoms with Crippen LogP contribution in [0, 0.1) is 12.8 Å². The van der Waals surface area contributed by atoms with Crippen LogP contribution in [-0.2, 0) is 4.74 Å². The molecule has 1 aliphatic rings. The zero-order chi connectivity index (χ0) is 17.2. The lowest BCUT2D eigenvalue weighted by Crippen LogP contribution is -2.36. The third-order valence-electron chi connectivity index (χ3n) is 4.43. The van der Waals surface area contributed by atoms with E-state index in [1.54, 1.807) is 13.1 Å². The number of nitrogens with zero attached hydrogens (tertiary/aromatic N) is 4. The summed E-state index contributed by atoms with van der Waals surface area (Å²) < 4.78 is 12.6. The summed E-state index contributed by atoms with van der Waals surface area (Å²) in [4.78, 5) is 21.4. The van der Waals surface area contributed by atoms with Gasteiger partial charge in [-0.2, -0.15) is 4.98 Å². The van der Waals surface area contributed by atoms with Gasteiger partial charge in [-0.3, -0.25) is 4.79 Å². The summed E-state index contributed by atoms with van der Waals surface area (Å²) in [6.45, 7) is 3.09. The van der Waals surface area contributed by atoms with Crippen LogP contribution in [-0.4, -0.2) is 38.6 Å². The average molecular weight is 341 g/mol. The van der Waals surface area contributed by atoms with Crippen LogP contribution in [0.2, 0.25) is 0 Å². The largest absolute Gasteiger partial charge is 0.381 e. The first-order valence-corrected chi connectivity index (χ1v) is 8.33. The van der Waals surface area contributed by atoms with Crippen LogP contribution < -0.4 is 5.32 Å². The Morgan fingerprint density at radius 1 is 1.32 bits per heavy atom. The molecule has 3 aromatic heterocycles. The van der Waals surface area contributed by atoms with Gasteiger partial charge in [-0.05, 0) is 37.8 Å². The third-order valence-corrected chi connectivity index (χ3v) is 4.43. The van der Waals surface area contributed by atoms with Crippen LogP contribution in [0.5, 0.6) is 0 Å². The predicted octanol–water partition coefficient (Wildman–Crippen LogP) is 1.92. The van der Waals surface area contributed by atoms with Crippen molar-refractivity contribution in [1.82, 2.24) is 24.8 Å². The van der Waals surface area contributed by atoms with Gasteiger partial charge in [0.15, 0.2) is 5.82 Å². The highest BCUT2D eigenvalue weighted by Gasteiger charge is 2.31. The first-order valence-electron chi connectivity index (χ1n) is 8.33. The SMILES string of the molecule is Cc1noc([C@@H](NC(=O)c2cn3ccccc3n2)C2CCOCC2)n1. The highest BCUT2D eigenvalue weighted by molar-refractivity contribution is 5.93. The van der Waals surface area contributed by atoms with Gasteiger partial charge < -0.3 is 19.0 Å². The normalized spacial score (nSPS) is 16.8. The summed E-state index contributed by atoms with van der Waals surface area (Å²) in [5.41, 5.74) is 1.09. The van der Waals surface area contributed by atoms with Gasteiger partial charge in [0.25, 0.3) is 5.91 Å². The second-order valence-electron chi connectivity index (χ2n) is 6.17. The lowest BCUT2D eigenvalue weighted by Gasteiger charge is -2.28. The number of pyridine rings is 1. The number of fused-ring (bicyclic) bond motifs is 1. The van der Waals surface area contributed by atoms with Crippen LogP contribution in [0.1, 0.15) is 41.1 Å². The molecule has 0 bridgehead atoms. The molecule has 0 unspecified atom stereocenters. The Balaban J connectivity index is 1.59. The first kappa shape index (κ1) is 15.8. The quantitative estimate of drug-likeness (QED) is 0.779. The molecule has 1 amide bonds. The third kappa shape index (κ3) is 3.25. The van der Waals surface area contributed by atoms with Gasteiger partial charge in [0, 0.05) is 25.6 Å². The average Bonchev–Trinajstić information content (AvgIpc) is 3.26. The minimum atomic E-state index is -0.345. The summed E-state index contributed by atoms with van der Waals surface area (Å²) in [5, 5.41) is 6.89. The van der Waals surface area contributed by atoms with Crippen molar-refractivity contribution in [3.63, 3.8) is 0 Å². The van der Waals surface area contributed by atoms with Crippen molar-refractivity contribution in [3.05, 3.63) is 48.0 Å². The number of amides is 1. The standard InChI is InChI=1S/C17H19N5O3/c1-11-18-17(25-21-11)15(12-5-8-24-9-6-12)20-16(23)13-10-22-7-3-2-4-14(22)19-13/h2-4,7,10,12,15H,5-6,8-9H2,1H3,(H,20,23)/t15-/m0/s1. The van der Waals surface area contributed by atoms with E-state index in [-0.39, 0.29) is 17.9 Å². The van der Waals surface area contributed by atoms with Gasteiger partial charge in [0.1, 0.15) is 17.4 Å². The van der Waals surface area contributed by atoms with Crippen molar-refractivity contribution >= 4 is 11.6 Å². The van der Waals surface area contributed by atoms with Gasteiger partial charge in [-0.25, -0.2) is 4.98 Å². The Bertz CT molecular complexity index is 848. The lowest BCUT2D eigenvalue weighted by atomic mass is 9.91. The zero-order valence-corrected chi connectivity index (χ0v) is 13.9. The maximum absolute atomic E-state index is 12.7. The number of hydrogen-bond donors (Lipinski definition) is 1. The maximum Gasteiger partial charge on any atom is 0.272 e. The lowest BCUT2D eigenvalue weighted by molar-refractivity contribution is 0.0467. The number of carbonyl (C=O) groups is 1. The van der Waals surface area contributed by atoms with Crippen molar-refractivity contribution in [2.75, 3.05) is 13.2 Å². The number of nitrogens with one attached hydrogen (secondary N) is 1. The molecule has 0 spiro atoms. The summed E-state index contributed by atoms with van der Waals surface area (Å²) in [5.74, 6) is 0.918. The molecule has 0 aliphatic carbocycles. The van der Waals surface area contributed by atoms with Crippen molar-refractivity contribution in [3.8, 4) is 0 Å². The molecule has 3 aromatic rings. The van der Waals surface area contributed by atoms with Crippen molar-refractivity contribution < 1.29 is 14.1 Å². The Labute approximate surface area is 144 Å². The number of aromatic nitrogens is 4. The molecule has 4 heterocycles. The van der Waals surface area contributed by atoms with Crippen LogP contribution >= 0.6 is 0 Å². The van der Waals surface area contributed by atoms with E-state index in [0.717, 1.165) is 18.5 Å². The van der Waals surface area contributed by atoms with Gasteiger partial charge in [0.05, 0.1) is 0 Å². The fourth-order valence-corrected chi connectivity index (χ4v) is 3.13. The number of aryl methyl sites for hydroxylation is 1. The summed E-state index contributed by atoms with van der Waals surface area (Å²) in [6, 6.07) is 5.29. The van der Waals surface area contributed by atoms with Crippen molar-refractivity contribution in [1.29, 1.82) is 0 Å². The molecule has 25 heavy (non-hydrogen) atoms. The van der Waals surface area contributed by atoms with Gasteiger partial charge in [0.2, 0.25) is 5.89 Å². The Kier molecular flexibility index (Phi) is 4.19. The zero-order valence-electron chi connectivity index (χ0n) is 13.9. The van der Waals surface area contributed by atoms with E-state index in [0.29, 0.717) is 30.6 Å². The van der Waals surface area contributed by atoms with Gasteiger partial charge in [-0.1, -0.05) is 11.2 Å². The van der Waals surface area contributed by atoms with E-state index in [4.69, 9.17) is 9.26 Å². The molecular weight excluding hydrogens is 322 g/mol. The van der Waals surface area contributed by atoms with E-state index in [2.05, 4.69) is 20.4 Å². The molecule has 0 radical (unpaired) electrons. The van der Waals surface area contributed by atoms with Crippen molar-refractivity contribution in [2.24, 2.45) is 5.92 Å². The minimum Gasteiger partial charge on any atom is -0.381 e. The smallest absolute Gasteiger partial charge is 0.272 e. The van der Waals surface area contributed by atoms with Crippen LogP contribution in [0.4, 0.5) is 0 Å². The van der Waals surface area contributed by atoms with E-state index in [1.165, 1.54) is 0 Å².